The van der Waals surface area contributed by atoms with Gasteiger partial charge in [0.1, 0.15) is 0 Å². The van der Waals surface area contributed by atoms with Crippen LogP contribution in [0.15, 0.2) is 12.2 Å². The van der Waals surface area contributed by atoms with E-state index in [1.807, 2.05) is 20.8 Å². The van der Waals surface area contributed by atoms with Crippen molar-refractivity contribution in [2.45, 2.75) is 26.3 Å². The third kappa shape index (κ3) is 1.31. The predicted molar refractivity (Wildman–Crippen MR) is 41.8 cm³/mol. The molecule has 0 saturated carbocycles. The van der Waals surface area contributed by atoms with Crippen LogP contribution in [-0.4, -0.2) is 27.0 Å². The molecule has 60 valence electrons. The highest BCUT2D eigenvalue weighted by Crippen LogP contribution is 2.11. The van der Waals surface area contributed by atoms with E-state index in [2.05, 4.69) is 0 Å². The van der Waals surface area contributed by atoms with E-state index < -0.39 is 0 Å². The van der Waals surface area contributed by atoms with Crippen LogP contribution in [0.1, 0.15) is 20.8 Å². The molecule has 0 atom stereocenters. The fourth-order valence-electron chi connectivity index (χ4n) is 1.08. The zero-order chi connectivity index (χ0) is 8.65. The van der Waals surface area contributed by atoms with Gasteiger partial charge >= 0.3 is 11.8 Å². The topological polar surface area (TPSA) is 40.3 Å². The Hall–Kier alpha value is -1.12. The molecule has 0 aromatic heterocycles. The molecular weight excluding hydrogens is 142 g/mol. The molecule has 0 spiro atoms. The monoisotopic (exact) mass is 154 g/mol. The molecule has 3 heteroatoms. The maximum atomic E-state index is 11.1. The molecule has 1 aliphatic rings. The number of aliphatic hydroxyl groups excluding tert-OH is 1. The Balaban J connectivity index is 3.08. The largest absolute Gasteiger partial charge is 0.460 e. The highest BCUT2D eigenvalue weighted by Gasteiger charge is 2.36. The van der Waals surface area contributed by atoms with Gasteiger partial charge in [-0.1, -0.05) is 0 Å². The van der Waals surface area contributed by atoms with Gasteiger partial charge in [-0.25, -0.2) is 4.79 Å². The number of aliphatic hydroxyl groups is 1. The first kappa shape index (κ1) is 7.98. The first-order chi connectivity index (χ1) is 4.93. The highest BCUT2D eigenvalue weighted by molar-refractivity contribution is 5.99. The molecule has 11 heavy (non-hydrogen) atoms. The molecule has 0 saturated heterocycles. The number of amides is 1. The fourth-order valence-corrected chi connectivity index (χ4v) is 1.08. The molecule has 1 aliphatic heterocycles. The van der Waals surface area contributed by atoms with E-state index in [-0.39, 0.29) is 17.3 Å². The van der Waals surface area contributed by atoms with Gasteiger partial charge in [-0.3, -0.25) is 0 Å². The lowest BCUT2D eigenvalue weighted by atomic mass is 10.1. The molecule has 0 aromatic carbocycles. The van der Waals surface area contributed by atoms with Crippen molar-refractivity contribution < 1.29 is 14.5 Å². The highest BCUT2D eigenvalue weighted by atomic mass is 16.3. The van der Waals surface area contributed by atoms with Gasteiger partial charge in [0.15, 0.2) is 5.54 Å². The van der Waals surface area contributed by atoms with Gasteiger partial charge in [-0.05, 0) is 0 Å². The average Bonchev–Trinajstić information content (AvgIpc) is 2.08. The summed E-state index contributed by atoms with van der Waals surface area (Å²) >= 11 is 0. The van der Waals surface area contributed by atoms with Crippen LogP contribution in [-0.2, 0) is 4.79 Å². The normalized spacial score (nSPS) is 18.3. The van der Waals surface area contributed by atoms with Crippen LogP contribution in [0.4, 0.5) is 0 Å². The van der Waals surface area contributed by atoms with Gasteiger partial charge in [0.05, 0.1) is 12.2 Å². The molecule has 1 heterocycles. The maximum absolute atomic E-state index is 11.1. The lowest BCUT2D eigenvalue weighted by molar-refractivity contribution is -0.520. The summed E-state index contributed by atoms with van der Waals surface area (Å²) in [5.74, 6) is -0.127. The Kier molecular flexibility index (Phi) is 1.59. The molecule has 0 radical (unpaired) electrons. The Morgan fingerprint density at radius 3 is 2.09 bits per heavy atom. The third-order valence-electron chi connectivity index (χ3n) is 1.50. The molecule has 3 nitrogen and oxygen atoms in total. The Labute approximate surface area is 65.7 Å². The van der Waals surface area contributed by atoms with E-state index >= 15 is 0 Å². The van der Waals surface area contributed by atoms with E-state index in [0.29, 0.717) is 0 Å². The third-order valence-corrected chi connectivity index (χ3v) is 1.50. The van der Waals surface area contributed by atoms with Crippen LogP contribution in [0.25, 0.3) is 0 Å². The summed E-state index contributed by atoms with van der Waals surface area (Å²) in [6, 6.07) is 0. The Morgan fingerprint density at radius 1 is 1.36 bits per heavy atom. The van der Waals surface area contributed by atoms with Crippen LogP contribution >= 0.6 is 0 Å². The van der Waals surface area contributed by atoms with Crippen LogP contribution in [0, 0.1) is 0 Å². The van der Waals surface area contributed by atoms with Crippen molar-refractivity contribution >= 4 is 11.8 Å². The minimum absolute atomic E-state index is 0.0301. The minimum Gasteiger partial charge on any atom is -0.460 e. The Morgan fingerprint density at radius 2 is 1.91 bits per heavy atom. The standard InChI is InChI=1S/C8H11NO2/c1-8(2,3)9-6(10)4-5-7(9)11/h4-5H,1-3H3/p+1. The summed E-state index contributed by atoms with van der Waals surface area (Å²) in [6.07, 6.45) is 2.77. The van der Waals surface area contributed by atoms with Gasteiger partial charge < -0.3 is 5.11 Å². The SMILES string of the molecule is CC(C)(C)[N+]1=C(O)C=CC1=O. The van der Waals surface area contributed by atoms with Crippen LogP contribution < -0.4 is 0 Å². The second kappa shape index (κ2) is 2.19. The molecule has 0 aromatic rings. The predicted octanol–water partition coefficient (Wildman–Crippen LogP) is 0.850. The summed E-state index contributed by atoms with van der Waals surface area (Å²) in [4.78, 5) is 11.1. The van der Waals surface area contributed by atoms with Gasteiger partial charge in [0, 0.05) is 20.8 Å². The smallest absolute Gasteiger partial charge is 0.416 e. The second-order valence-electron chi connectivity index (χ2n) is 3.54. The minimum atomic E-state index is -0.343. The van der Waals surface area contributed by atoms with Crippen LogP contribution in [0.3, 0.4) is 0 Å². The van der Waals surface area contributed by atoms with Gasteiger partial charge in [0.25, 0.3) is 0 Å². The molecule has 1 N–H and O–H groups in total. The fraction of sp³-hybridized carbons (Fsp3) is 0.500. The van der Waals surface area contributed by atoms with Crippen molar-refractivity contribution in [2.75, 3.05) is 0 Å². The summed E-state index contributed by atoms with van der Waals surface area (Å²) < 4.78 is 1.35. The van der Waals surface area contributed by atoms with Crippen molar-refractivity contribution in [3.05, 3.63) is 12.2 Å². The van der Waals surface area contributed by atoms with Crippen molar-refractivity contribution in [3.63, 3.8) is 0 Å². The zero-order valence-electron chi connectivity index (χ0n) is 6.96. The summed E-state index contributed by atoms with van der Waals surface area (Å²) in [5, 5.41) is 9.23. The zero-order valence-corrected chi connectivity index (χ0v) is 6.96. The lowest BCUT2D eigenvalue weighted by Gasteiger charge is -2.12. The van der Waals surface area contributed by atoms with E-state index in [9.17, 15) is 9.90 Å². The number of rotatable bonds is 0. The first-order valence-corrected chi connectivity index (χ1v) is 3.51. The quantitative estimate of drug-likeness (QED) is 0.525. The summed E-state index contributed by atoms with van der Waals surface area (Å²) in [5.41, 5.74) is -0.343. The molecule has 0 aliphatic carbocycles. The molecular formula is C8H12NO2+. The molecule has 0 fully saturated rings. The van der Waals surface area contributed by atoms with Crippen molar-refractivity contribution in [1.82, 2.24) is 0 Å². The van der Waals surface area contributed by atoms with Gasteiger partial charge in [-0.15, -0.1) is 4.58 Å². The lowest BCUT2D eigenvalue weighted by Crippen LogP contribution is -2.38. The average molecular weight is 154 g/mol. The number of hydrogen-bond donors (Lipinski definition) is 1. The Bertz CT molecular complexity index is 256. The molecule has 1 amide bonds. The van der Waals surface area contributed by atoms with Crippen LogP contribution in [0.5, 0.6) is 0 Å². The number of hydrogen-bond acceptors (Lipinski definition) is 1. The molecule has 1 rings (SSSR count). The van der Waals surface area contributed by atoms with E-state index in [4.69, 9.17) is 0 Å². The number of nitrogens with zero attached hydrogens (tertiary/aromatic N) is 1. The van der Waals surface area contributed by atoms with Gasteiger partial charge in [-0.2, -0.15) is 0 Å². The van der Waals surface area contributed by atoms with Crippen molar-refractivity contribution in [1.29, 1.82) is 0 Å². The molecule has 0 unspecified atom stereocenters. The van der Waals surface area contributed by atoms with E-state index in [1.54, 1.807) is 0 Å². The second-order valence-corrected chi connectivity index (χ2v) is 3.54. The molecule has 0 bridgehead atoms. The number of carbonyl (C=O) groups is 1. The van der Waals surface area contributed by atoms with Crippen molar-refractivity contribution in [2.24, 2.45) is 0 Å². The van der Waals surface area contributed by atoms with Crippen molar-refractivity contribution in [3.8, 4) is 0 Å². The summed E-state index contributed by atoms with van der Waals surface area (Å²) in [6.45, 7) is 5.61. The first-order valence-electron chi connectivity index (χ1n) is 3.51. The van der Waals surface area contributed by atoms with E-state index in [1.165, 1.54) is 16.7 Å². The van der Waals surface area contributed by atoms with Crippen LogP contribution in [0.2, 0.25) is 0 Å². The van der Waals surface area contributed by atoms with E-state index in [0.717, 1.165) is 0 Å². The van der Waals surface area contributed by atoms with Gasteiger partial charge in [0.2, 0.25) is 0 Å². The maximum Gasteiger partial charge on any atom is 0.416 e. The number of carbonyl (C=O) groups excluding carboxylic acids is 1. The summed E-state index contributed by atoms with van der Waals surface area (Å²) in [7, 11) is 0.